The molecule has 1 aliphatic rings. The summed E-state index contributed by atoms with van der Waals surface area (Å²) < 4.78 is 1.79. The molecule has 106 valence electrons. The van der Waals surface area contributed by atoms with Crippen LogP contribution in [0.15, 0.2) is 0 Å². The molecule has 1 aromatic heterocycles. The molecule has 7 nitrogen and oxygen atoms in total. The fourth-order valence-corrected chi connectivity index (χ4v) is 2.67. The lowest BCUT2D eigenvalue weighted by atomic mass is 9.84. The largest absolute Gasteiger partial charge is 0.369 e. The second-order valence-electron chi connectivity index (χ2n) is 5.41. The highest BCUT2D eigenvalue weighted by Crippen LogP contribution is 2.24. The number of carbonyl (C=O) groups is 1. The Labute approximate surface area is 112 Å². The van der Waals surface area contributed by atoms with Gasteiger partial charge < -0.3 is 11.1 Å². The highest BCUT2D eigenvalue weighted by Gasteiger charge is 2.29. The molecule has 0 bridgehead atoms. The van der Waals surface area contributed by atoms with Gasteiger partial charge in [0.2, 0.25) is 5.91 Å². The molecule has 0 radical (unpaired) electrons. The number of nitrogens with one attached hydrogen (secondary N) is 1. The predicted molar refractivity (Wildman–Crippen MR) is 70.0 cm³/mol. The van der Waals surface area contributed by atoms with Crippen LogP contribution < -0.4 is 11.1 Å². The van der Waals surface area contributed by atoms with Gasteiger partial charge in [-0.15, -0.1) is 5.10 Å². The molecule has 2 rings (SSSR count). The first kappa shape index (κ1) is 13.9. The van der Waals surface area contributed by atoms with Crippen molar-refractivity contribution in [2.24, 2.45) is 11.7 Å². The van der Waals surface area contributed by atoms with Gasteiger partial charge in [-0.25, -0.2) is 4.68 Å². The summed E-state index contributed by atoms with van der Waals surface area (Å²) in [7, 11) is 0. The van der Waals surface area contributed by atoms with E-state index in [1.54, 1.807) is 4.68 Å². The molecule has 1 aliphatic carbocycles. The number of aromatic nitrogens is 4. The first-order valence-electron chi connectivity index (χ1n) is 6.89. The number of hydrogen-bond donors (Lipinski definition) is 2. The maximum atomic E-state index is 11.4. The van der Waals surface area contributed by atoms with Crippen LogP contribution in [0.1, 0.15) is 51.4 Å². The van der Waals surface area contributed by atoms with E-state index < -0.39 is 0 Å². The first-order chi connectivity index (χ1) is 9.09. The molecule has 1 aromatic rings. The summed E-state index contributed by atoms with van der Waals surface area (Å²) in [4.78, 5) is 11.4. The molecule has 1 fully saturated rings. The Hall–Kier alpha value is -1.50. The number of nitrogens with two attached hydrogens (primary N) is 1. The molecule has 1 heterocycles. The van der Waals surface area contributed by atoms with E-state index in [-0.39, 0.29) is 23.9 Å². The summed E-state index contributed by atoms with van der Waals surface area (Å²) in [5, 5.41) is 15.1. The summed E-state index contributed by atoms with van der Waals surface area (Å²) >= 11 is 0. The SMILES string of the molecule is CC(C)n1nnnc1CN[C@H]1CCCC[C@@H]1C(N)=O. The van der Waals surface area contributed by atoms with E-state index in [9.17, 15) is 4.79 Å². The minimum Gasteiger partial charge on any atom is -0.369 e. The summed E-state index contributed by atoms with van der Waals surface area (Å²) in [5.41, 5.74) is 5.46. The molecule has 1 amide bonds. The Morgan fingerprint density at radius 2 is 2.21 bits per heavy atom. The van der Waals surface area contributed by atoms with Crippen molar-refractivity contribution in [2.45, 2.75) is 58.2 Å². The van der Waals surface area contributed by atoms with E-state index in [2.05, 4.69) is 20.8 Å². The normalized spacial score (nSPS) is 23.7. The maximum absolute atomic E-state index is 11.4. The van der Waals surface area contributed by atoms with Gasteiger partial charge in [0.05, 0.1) is 18.5 Å². The molecule has 0 saturated heterocycles. The summed E-state index contributed by atoms with van der Waals surface area (Å²) in [6.07, 6.45) is 4.07. The van der Waals surface area contributed by atoms with Crippen LogP contribution in [0.5, 0.6) is 0 Å². The van der Waals surface area contributed by atoms with Crippen molar-refractivity contribution in [3.63, 3.8) is 0 Å². The lowest BCUT2D eigenvalue weighted by Gasteiger charge is -2.30. The molecule has 0 spiro atoms. The van der Waals surface area contributed by atoms with Gasteiger partial charge in [-0.3, -0.25) is 4.79 Å². The Morgan fingerprint density at radius 3 is 2.89 bits per heavy atom. The number of hydrogen-bond acceptors (Lipinski definition) is 5. The standard InChI is InChI=1S/C12H22N6O/c1-8(2)18-11(15-16-17-18)7-14-10-6-4-3-5-9(10)12(13)19/h8-10,14H,3-7H2,1-2H3,(H2,13,19)/t9-,10-/m0/s1. The molecule has 3 N–H and O–H groups in total. The van der Waals surface area contributed by atoms with Crippen LogP contribution in [0.4, 0.5) is 0 Å². The van der Waals surface area contributed by atoms with Crippen molar-refractivity contribution in [1.82, 2.24) is 25.5 Å². The van der Waals surface area contributed by atoms with Crippen LogP contribution in [0.3, 0.4) is 0 Å². The van der Waals surface area contributed by atoms with E-state index in [0.29, 0.717) is 6.54 Å². The average molecular weight is 266 g/mol. The quantitative estimate of drug-likeness (QED) is 0.803. The molecule has 2 atom stereocenters. The lowest BCUT2D eigenvalue weighted by Crippen LogP contribution is -2.44. The van der Waals surface area contributed by atoms with Crippen molar-refractivity contribution in [1.29, 1.82) is 0 Å². The van der Waals surface area contributed by atoms with Gasteiger partial charge in [0.25, 0.3) is 0 Å². The number of amides is 1. The number of nitrogens with zero attached hydrogens (tertiary/aromatic N) is 4. The molecule has 7 heteroatoms. The second kappa shape index (κ2) is 6.10. The zero-order valence-electron chi connectivity index (χ0n) is 11.5. The maximum Gasteiger partial charge on any atom is 0.222 e. The zero-order valence-corrected chi connectivity index (χ0v) is 11.5. The Morgan fingerprint density at radius 1 is 1.47 bits per heavy atom. The number of carbonyl (C=O) groups excluding carboxylic acids is 1. The highest BCUT2D eigenvalue weighted by atomic mass is 16.1. The zero-order chi connectivity index (χ0) is 13.8. The predicted octanol–water partition coefficient (Wildman–Crippen LogP) is 0.388. The molecule has 0 aromatic carbocycles. The molecule has 19 heavy (non-hydrogen) atoms. The van der Waals surface area contributed by atoms with Crippen molar-refractivity contribution in [3.8, 4) is 0 Å². The van der Waals surface area contributed by atoms with Crippen LogP contribution >= 0.6 is 0 Å². The van der Waals surface area contributed by atoms with E-state index in [1.807, 2.05) is 13.8 Å². The second-order valence-corrected chi connectivity index (χ2v) is 5.41. The van der Waals surface area contributed by atoms with Gasteiger partial charge in [0.15, 0.2) is 5.82 Å². The minimum atomic E-state index is -0.208. The Kier molecular flexibility index (Phi) is 4.47. The van der Waals surface area contributed by atoms with Gasteiger partial charge in [-0.1, -0.05) is 12.8 Å². The van der Waals surface area contributed by atoms with E-state index >= 15 is 0 Å². The number of tetrazole rings is 1. The van der Waals surface area contributed by atoms with Gasteiger partial charge in [0.1, 0.15) is 0 Å². The summed E-state index contributed by atoms with van der Waals surface area (Å²) in [6.45, 7) is 4.64. The average Bonchev–Trinajstić information content (AvgIpc) is 2.85. The third-order valence-electron chi connectivity index (χ3n) is 3.70. The molecular formula is C12H22N6O. The Bertz CT molecular complexity index is 430. The molecule has 0 unspecified atom stereocenters. The van der Waals surface area contributed by atoms with Crippen molar-refractivity contribution in [2.75, 3.05) is 0 Å². The monoisotopic (exact) mass is 266 g/mol. The van der Waals surface area contributed by atoms with Gasteiger partial charge in [-0.2, -0.15) is 0 Å². The van der Waals surface area contributed by atoms with Crippen molar-refractivity contribution in [3.05, 3.63) is 5.82 Å². The van der Waals surface area contributed by atoms with Crippen LogP contribution in [0.2, 0.25) is 0 Å². The van der Waals surface area contributed by atoms with Crippen LogP contribution in [-0.4, -0.2) is 32.2 Å². The summed E-state index contributed by atoms with van der Waals surface area (Å²) in [6, 6.07) is 0.369. The number of primary amides is 1. The van der Waals surface area contributed by atoms with Gasteiger partial charge in [0, 0.05) is 6.04 Å². The highest BCUT2D eigenvalue weighted by molar-refractivity contribution is 5.77. The van der Waals surface area contributed by atoms with Crippen molar-refractivity contribution >= 4 is 5.91 Å². The smallest absolute Gasteiger partial charge is 0.222 e. The number of rotatable bonds is 5. The summed E-state index contributed by atoms with van der Waals surface area (Å²) in [5.74, 6) is 0.515. The van der Waals surface area contributed by atoms with Gasteiger partial charge >= 0.3 is 0 Å². The fourth-order valence-electron chi connectivity index (χ4n) is 2.67. The van der Waals surface area contributed by atoms with Crippen LogP contribution in [-0.2, 0) is 11.3 Å². The molecule has 1 saturated carbocycles. The van der Waals surface area contributed by atoms with E-state index in [0.717, 1.165) is 31.5 Å². The third kappa shape index (κ3) is 3.28. The van der Waals surface area contributed by atoms with Gasteiger partial charge in [-0.05, 0) is 37.1 Å². The molecular weight excluding hydrogens is 244 g/mol. The fraction of sp³-hybridized carbons (Fsp3) is 0.833. The topological polar surface area (TPSA) is 98.7 Å². The Balaban J connectivity index is 1.96. The third-order valence-corrected chi connectivity index (χ3v) is 3.70. The van der Waals surface area contributed by atoms with Crippen LogP contribution in [0, 0.1) is 5.92 Å². The molecule has 0 aliphatic heterocycles. The lowest BCUT2D eigenvalue weighted by molar-refractivity contribution is -0.123. The van der Waals surface area contributed by atoms with Crippen LogP contribution in [0.25, 0.3) is 0 Å². The first-order valence-corrected chi connectivity index (χ1v) is 6.89. The minimum absolute atomic E-state index is 0.0721. The van der Waals surface area contributed by atoms with E-state index in [4.69, 9.17) is 5.73 Å². The van der Waals surface area contributed by atoms with Crippen molar-refractivity contribution < 1.29 is 4.79 Å². The van der Waals surface area contributed by atoms with E-state index in [1.165, 1.54) is 0 Å².